The summed E-state index contributed by atoms with van der Waals surface area (Å²) in [5.74, 6) is -0.848. The molecule has 1 N–H and O–H groups in total. The van der Waals surface area contributed by atoms with E-state index in [0.29, 0.717) is 6.54 Å². The highest BCUT2D eigenvalue weighted by atomic mass is 32.2. The zero-order valence-corrected chi connectivity index (χ0v) is 11.7. The van der Waals surface area contributed by atoms with Crippen LogP contribution in [0.25, 0.3) is 0 Å². The number of nitrogens with one attached hydrogen (secondary N) is 1. The van der Waals surface area contributed by atoms with E-state index in [2.05, 4.69) is 5.32 Å². The minimum Gasteiger partial charge on any atom is -0.355 e. The fourth-order valence-corrected chi connectivity index (χ4v) is 1.55. The van der Waals surface area contributed by atoms with Crippen LogP contribution in [0.4, 0.5) is 0 Å². The van der Waals surface area contributed by atoms with Crippen molar-refractivity contribution < 1.29 is 14.4 Å². The van der Waals surface area contributed by atoms with Crippen LogP contribution in [0.1, 0.15) is 20.3 Å². The molecule has 0 aromatic rings. The number of imide groups is 1. The highest BCUT2D eigenvalue weighted by Gasteiger charge is 2.24. The highest BCUT2D eigenvalue weighted by molar-refractivity contribution is 7.99. The quantitative estimate of drug-likeness (QED) is 0.716. The van der Waals surface area contributed by atoms with Crippen molar-refractivity contribution in [3.8, 4) is 0 Å². The summed E-state index contributed by atoms with van der Waals surface area (Å²) in [6.45, 7) is 4.77. The first-order valence-corrected chi connectivity index (χ1v) is 6.93. The molecule has 6 heteroatoms. The molecule has 1 aliphatic rings. The third-order valence-electron chi connectivity index (χ3n) is 2.73. The SMILES string of the molecule is CSC(C)(C)CNC(=O)CCN1C(=O)C=CC1=O. The lowest BCUT2D eigenvalue weighted by molar-refractivity contribution is -0.137. The summed E-state index contributed by atoms with van der Waals surface area (Å²) in [5.41, 5.74) is 0. The van der Waals surface area contributed by atoms with E-state index in [1.165, 1.54) is 12.2 Å². The second-order valence-electron chi connectivity index (χ2n) is 4.65. The van der Waals surface area contributed by atoms with Crippen molar-refractivity contribution >= 4 is 29.5 Å². The van der Waals surface area contributed by atoms with Crippen molar-refractivity contribution in [1.82, 2.24) is 10.2 Å². The third kappa shape index (κ3) is 4.18. The van der Waals surface area contributed by atoms with Crippen LogP contribution < -0.4 is 5.32 Å². The van der Waals surface area contributed by atoms with E-state index in [1.54, 1.807) is 11.8 Å². The monoisotopic (exact) mass is 270 g/mol. The van der Waals surface area contributed by atoms with Gasteiger partial charge in [0.05, 0.1) is 0 Å². The molecule has 0 saturated heterocycles. The first-order valence-electron chi connectivity index (χ1n) is 5.71. The van der Waals surface area contributed by atoms with Gasteiger partial charge in [0.15, 0.2) is 0 Å². The summed E-state index contributed by atoms with van der Waals surface area (Å²) in [4.78, 5) is 35.1. The van der Waals surface area contributed by atoms with Crippen LogP contribution in [-0.4, -0.2) is 46.7 Å². The Morgan fingerprint density at radius 3 is 2.39 bits per heavy atom. The van der Waals surface area contributed by atoms with Crippen LogP contribution >= 0.6 is 11.8 Å². The Balaban J connectivity index is 2.30. The van der Waals surface area contributed by atoms with Gasteiger partial charge in [-0.15, -0.1) is 0 Å². The van der Waals surface area contributed by atoms with Crippen molar-refractivity contribution in [2.75, 3.05) is 19.3 Å². The van der Waals surface area contributed by atoms with Gasteiger partial charge in [-0.1, -0.05) is 0 Å². The first kappa shape index (κ1) is 14.8. The van der Waals surface area contributed by atoms with Gasteiger partial charge >= 0.3 is 0 Å². The normalized spacial score (nSPS) is 15.4. The molecule has 1 heterocycles. The number of thioether (sulfide) groups is 1. The van der Waals surface area contributed by atoms with Crippen molar-refractivity contribution in [2.24, 2.45) is 0 Å². The smallest absolute Gasteiger partial charge is 0.253 e. The second-order valence-corrected chi connectivity index (χ2v) is 6.17. The lowest BCUT2D eigenvalue weighted by Gasteiger charge is -2.22. The summed E-state index contributed by atoms with van der Waals surface area (Å²) in [7, 11) is 0. The molecule has 0 fully saturated rings. The Morgan fingerprint density at radius 1 is 1.33 bits per heavy atom. The molecule has 0 radical (unpaired) electrons. The zero-order chi connectivity index (χ0) is 13.8. The van der Waals surface area contributed by atoms with Crippen LogP contribution in [-0.2, 0) is 14.4 Å². The topological polar surface area (TPSA) is 66.5 Å². The average Bonchev–Trinajstić information content (AvgIpc) is 2.64. The molecule has 0 saturated carbocycles. The van der Waals surface area contributed by atoms with Crippen LogP contribution in [0, 0.1) is 0 Å². The number of carbonyl (C=O) groups is 3. The molecule has 3 amide bonds. The maximum absolute atomic E-state index is 11.6. The third-order valence-corrected chi connectivity index (χ3v) is 3.98. The van der Waals surface area contributed by atoms with Crippen LogP contribution in [0.15, 0.2) is 12.2 Å². The number of rotatable bonds is 6. The van der Waals surface area contributed by atoms with Crippen LogP contribution in [0.2, 0.25) is 0 Å². The van der Waals surface area contributed by atoms with Gasteiger partial charge in [0.1, 0.15) is 0 Å². The molecule has 0 unspecified atom stereocenters. The molecule has 5 nitrogen and oxygen atoms in total. The molecule has 1 rings (SSSR count). The maximum Gasteiger partial charge on any atom is 0.253 e. The second kappa shape index (κ2) is 6.04. The van der Waals surface area contributed by atoms with Gasteiger partial charge < -0.3 is 5.32 Å². The maximum atomic E-state index is 11.6. The predicted octanol–water partition coefficient (Wildman–Crippen LogP) is 0.559. The molecule has 0 bridgehead atoms. The lowest BCUT2D eigenvalue weighted by atomic mass is 10.2. The van der Waals surface area contributed by atoms with Crippen molar-refractivity contribution in [3.05, 3.63) is 12.2 Å². The number of amides is 3. The molecule has 18 heavy (non-hydrogen) atoms. The molecular weight excluding hydrogens is 252 g/mol. The minimum absolute atomic E-state index is 0.0174. The van der Waals surface area contributed by atoms with E-state index < -0.39 is 0 Å². The Kier molecular flexibility index (Phi) is 4.95. The van der Waals surface area contributed by atoms with E-state index in [-0.39, 0.29) is 35.4 Å². The Morgan fingerprint density at radius 2 is 1.89 bits per heavy atom. The van der Waals surface area contributed by atoms with Crippen molar-refractivity contribution in [3.63, 3.8) is 0 Å². The standard InChI is InChI=1S/C12H18N2O3S/c1-12(2,18-3)8-13-9(15)6-7-14-10(16)4-5-11(14)17/h4-5H,6-8H2,1-3H3,(H,13,15). The van der Waals surface area contributed by atoms with E-state index in [9.17, 15) is 14.4 Å². The molecule has 1 aliphatic heterocycles. The van der Waals surface area contributed by atoms with Crippen LogP contribution in [0.5, 0.6) is 0 Å². The van der Waals surface area contributed by atoms with E-state index in [1.807, 2.05) is 20.1 Å². The molecular formula is C12H18N2O3S. The lowest BCUT2D eigenvalue weighted by Crippen LogP contribution is -2.39. The minimum atomic E-state index is -0.350. The van der Waals surface area contributed by atoms with E-state index in [4.69, 9.17) is 0 Å². The summed E-state index contributed by atoms with van der Waals surface area (Å²) in [5, 5.41) is 2.80. The Hall–Kier alpha value is -1.30. The molecule has 100 valence electrons. The molecule has 0 aliphatic carbocycles. The Labute approximate surface area is 111 Å². The van der Waals surface area contributed by atoms with Gasteiger partial charge in [0, 0.05) is 36.4 Å². The first-order chi connectivity index (χ1) is 8.35. The summed E-state index contributed by atoms with van der Waals surface area (Å²) in [6, 6.07) is 0. The van der Waals surface area contributed by atoms with Gasteiger partial charge in [-0.25, -0.2) is 0 Å². The fraction of sp³-hybridized carbons (Fsp3) is 0.583. The van der Waals surface area contributed by atoms with Gasteiger partial charge in [-0.3, -0.25) is 19.3 Å². The average molecular weight is 270 g/mol. The molecule has 0 aromatic heterocycles. The largest absolute Gasteiger partial charge is 0.355 e. The highest BCUT2D eigenvalue weighted by Crippen LogP contribution is 2.19. The van der Waals surface area contributed by atoms with E-state index in [0.717, 1.165) is 4.90 Å². The number of nitrogens with zero attached hydrogens (tertiary/aromatic N) is 1. The van der Waals surface area contributed by atoms with Crippen molar-refractivity contribution in [1.29, 1.82) is 0 Å². The van der Waals surface area contributed by atoms with Crippen molar-refractivity contribution in [2.45, 2.75) is 25.0 Å². The summed E-state index contributed by atoms with van der Waals surface area (Å²) >= 11 is 1.67. The van der Waals surface area contributed by atoms with E-state index >= 15 is 0 Å². The van der Waals surface area contributed by atoms with Gasteiger partial charge in [-0.2, -0.15) is 11.8 Å². The predicted molar refractivity (Wildman–Crippen MR) is 71.1 cm³/mol. The molecule has 0 atom stereocenters. The number of hydrogen-bond donors (Lipinski definition) is 1. The molecule has 0 aromatic carbocycles. The number of hydrogen-bond acceptors (Lipinski definition) is 4. The summed E-state index contributed by atoms with van der Waals surface area (Å²) in [6.07, 6.45) is 4.57. The van der Waals surface area contributed by atoms with Gasteiger partial charge in [0.25, 0.3) is 11.8 Å². The number of carbonyl (C=O) groups excluding carboxylic acids is 3. The fourth-order valence-electron chi connectivity index (χ4n) is 1.34. The Bertz CT molecular complexity index is 373. The molecule has 0 spiro atoms. The van der Waals surface area contributed by atoms with Crippen LogP contribution in [0.3, 0.4) is 0 Å². The summed E-state index contributed by atoms with van der Waals surface area (Å²) < 4.78 is -0.0174. The van der Waals surface area contributed by atoms with Gasteiger partial charge in [-0.05, 0) is 20.1 Å². The van der Waals surface area contributed by atoms with Gasteiger partial charge in [0.2, 0.25) is 5.91 Å². The zero-order valence-electron chi connectivity index (χ0n) is 10.9.